The Morgan fingerprint density at radius 2 is 2.00 bits per heavy atom. The number of nitrogens with one attached hydrogen (secondary N) is 1. The maximum absolute atomic E-state index is 5.53. The summed E-state index contributed by atoms with van der Waals surface area (Å²) in [7, 11) is 4.32. The number of likely N-dealkylation sites (N-methyl/N-ethyl adjacent to an activating group) is 1. The smallest absolute Gasteiger partial charge is 0.0623 e. The molecule has 2 fully saturated rings. The van der Waals surface area contributed by atoms with Gasteiger partial charge in [0.2, 0.25) is 0 Å². The first kappa shape index (κ1) is 11.4. The first-order chi connectivity index (χ1) is 7.31. The third kappa shape index (κ3) is 2.71. The van der Waals surface area contributed by atoms with E-state index in [0.717, 1.165) is 19.3 Å². The largest absolute Gasteiger partial charge is 0.379 e. The molecule has 88 valence electrons. The highest BCUT2D eigenvalue weighted by atomic mass is 16.5. The number of rotatable bonds is 4. The zero-order valence-corrected chi connectivity index (χ0v) is 10.0. The molecule has 2 unspecified atom stereocenters. The average molecular weight is 212 g/mol. The van der Waals surface area contributed by atoms with Crippen LogP contribution in [0.25, 0.3) is 0 Å². The van der Waals surface area contributed by atoms with Gasteiger partial charge in [0, 0.05) is 24.5 Å². The van der Waals surface area contributed by atoms with Crippen molar-refractivity contribution in [1.82, 2.24) is 10.2 Å². The summed E-state index contributed by atoms with van der Waals surface area (Å²) in [4.78, 5) is 2.55. The lowest BCUT2D eigenvalue weighted by Gasteiger charge is -2.28. The van der Waals surface area contributed by atoms with Gasteiger partial charge in [0.15, 0.2) is 0 Å². The van der Waals surface area contributed by atoms with Gasteiger partial charge in [-0.3, -0.25) is 0 Å². The van der Waals surface area contributed by atoms with Crippen LogP contribution >= 0.6 is 0 Å². The normalized spacial score (nSPS) is 33.0. The highest BCUT2D eigenvalue weighted by Gasteiger charge is 2.30. The van der Waals surface area contributed by atoms with Gasteiger partial charge in [-0.25, -0.2) is 0 Å². The quantitative estimate of drug-likeness (QED) is 0.755. The Labute approximate surface area is 93.2 Å². The predicted molar refractivity (Wildman–Crippen MR) is 62.0 cm³/mol. The molecule has 15 heavy (non-hydrogen) atoms. The van der Waals surface area contributed by atoms with Crippen molar-refractivity contribution in [2.24, 2.45) is 5.92 Å². The van der Waals surface area contributed by atoms with Crippen LogP contribution < -0.4 is 5.32 Å². The number of nitrogens with zero attached hydrogens (tertiary/aromatic N) is 1. The second kappa shape index (κ2) is 5.28. The highest BCUT2D eigenvalue weighted by molar-refractivity contribution is 4.84. The zero-order valence-electron chi connectivity index (χ0n) is 10.0. The molecule has 3 heteroatoms. The van der Waals surface area contributed by atoms with E-state index in [-0.39, 0.29) is 0 Å². The van der Waals surface area contributed by atoms with Gasteiger partial charge in [0.05, 0.1) is 13.2 Å². The molecule has 1 heterocycles. The monoisotopic (exact) mass is 212 g/mol. The molecule has 1 saturated carbocycles. The van der Waals surface area contributed by atoms with E-state index in [1.165, 1.54) is 32.2 Å². The molecule has 0 bridgehead atoms. The Hall–Kier alpha value is -0.120. The molecule has 0 radical (unpaired) electrons. The maximum Gasteiger partial charge on any atom is 0.0623 e. The summed E-state index contributed by atoms with van der Waals surface area (Å²) in [5.74, 6) is 0.681. The number of ether oxygens (including phenoxy) is 1. The number of hydrogen-bond acceptors (Lipinski definition) is 3. The van der Waals surface area contributed by atoms with Crippen LogP contribution in [0.2, 0.25) is 0 Å². The SMILES string of the molecule is CNC1COCC1CN(C)C1CCCC1. The lowest BCUT2D eigenvalue weighted by atomic mass is 10.0. The van der Waals surface area contributed by atoms with Crippen molar-refractivity contribution < 1.29 is 4.74 Å². The van der Waals surface area contributed by atoms with E-state index in [0.29, 0.717) is 12.0 Å². The molecule has 1 aliphatic heterocycles. The Kier molecular flexibility index (Phi) is 4.00. The summed E-state index contributed by atoms with van der Waals surface area (Å²) in [6.07, 6.45) is 5.64. The zero-order chi connectivity index (χ0) is 10.7. The summed E-state index contributed by atoms with van der Waals surface area (Å²) in [6.45, 7) is 3.01. The molecule has 0 spiro atoms. The molecule has 1 saturated heterocycles. The molecule has 2 aliphatic rings. The van der Waals surface area contributed by atoms with E-state index in [9.17, 15) is 0 Å². The van der Waals surface area contributed by atoms with Crippen LogP contribution in [0.4, 0.5) is 0 Å². The standard InChI is InChI=1S/C12H24N2O/c1-13-12-9-15-8-10(12)7-14(2)11-5-3-4-6-11/h10-13H,3-9H2,1-2H3. The lowest BCUT2D eigenvalue weighted by Crippen LogP contribution is -2.41. The molecule has 0 aromatic carbocycles. The van der Waals surface area contributed by atoms with Crippen molar-refractivity contribution in [2.45, 2.75) is 37.8 Å². The molecular formula is C12H24N2O. The summed E-state index contributed by atoms with van der Waals surface area (Å²) >= 11 is 0. The molecule has 3 nitrogen and oxygen atoms in total. The van der Waals surface area contributed by atoms with E-state index in [4.69, 9.17) is 4.74 Å². The van der Waals surface area contributed by atoms with E-state index in [1.54, 1.807) is 0 Å². The molecule has 1 aliphatic carbocycles. The summed E-state index contributed by atoms with van der Waals surface area (Å²) in [5.41, 5.74) is 0. The van der Waals surface area contributed by atoms with Crippen LogP contribution in [0.1, 0.15) is 25.7 Å². The van der Waals surface area contributed by atoms with Gasteiger partial charge in [0.25, 0.3) is 0 Å². The minimum Gasteiger partial charge on any atom is -0.379 e. The second-order valence-electron chi connectivity index (χ2n) is 5.07. The van der Waals surface area contributed by atoms with Crippen molar-refractivity contribution in [2.75, 3.05) is 33.9 Å². The van der Waals surface area contributed by atoms with Crippen LogP contribution in [0, 0.1) is 5.92 Å². The van der Waals surface area contributed by atoms with Crippen LogP contribution in [-0.4, -0.2) is 50.8 Å². The second-order valence-corrected chi connectivity index (χ2v) is 5.07. The molecule has 2 atom stereocenters. The fraction of sp³-hybridized carbons (Fsp3) is 1.00. The first-order valence-electron chi connectivity index (χ1n) is 6.26. The summed E-state index contributed by atoms with van der Waals surface area (Å²) < 4.78 is 5.53. The Morgan fingerprint density at radius 3 is 2.67 bits per heavy atom. The topological polar surface area (TPSA) is 24.5 Å². The lowest BCUT2D eigenvalue weighted by molar-refractivity contribution is 0.161. The van der Waals surface area contributed by atoms with Crippen LogP contribution in [0.15, 0.2) is 0 Å². The summed E-state index contributed by atoms with van der Waals surface area (Å²) in [5, 5.41) is 3.36. The Bertz CT molecular complexity index is 192. The summed E-state index contributed by atoms with van der Waals surface area (Å²) in [6, 6.07) is 1.40. The van der Waals surface area contributed by atoms with E-state index in [1.807, 2.05) is 7.05 Å². The van der Waals surface area contributed by atoms with E-state index < -0.39 is 0 Å². The van der Waals surface area contributed by atoms with Gasteiger partial charge in [-0.2, -0.15) is 0 Å². The Balaban J connectivity index is 1.79. The minimum atomic E-state index is 0.564. The van der Waals surface area contributed by atoms with Gasteiger partial charge in [-0.1, -0.05) is 12.8 Å². The van der Waals surface area contributed by atoms with E-state index in [2.05, 4.69) is 17.3 Å². The number of hydrogen-bond donors (Lipinski definition) is 1. The molecule has 2 rings (SSSR count). The van der Waals surface area contributed by atoms with Gasteiger partial charge in [-0.05, 0) is 26.9 Å². The third-order valence-corrected chi connectivity index (χ3v) is 4.04. The molecule has 1 N–H and O–H groups in total. The molecule has 0 amide bonds. The van der Waals surface area contributed by atoms with Gasteiger partial charge in [-0.15, -0.1) is 0 Å². The fourth-order valence-corrected chi connectivity index (χ4v) is 2.96. The van der Waals surface area contributed by atoms with Gasteiger partial charge < -0.3 is 15.0 Å². The molecule has 0 aromatic heterocycles. The van der Waals surface area contributed by atoms with Crippen LogP contribution in [-0.2, 0) is 4.74 Å². The van der Waals surface area contributed by atoms with Crippen molar-refractivity contribution in [3.8, 4) is 0 Å². The highest BCUT2D eigenvalue weighted by Crippen LogP contribution is 2.24. The average Bonchev–Trinajstić information content (AvgIpc) is 2.87. The van der Waals surface area contributed by atoms with Crippen molar-refractivity contribution in [1.29, 1.82) is 0 Å². The molecule has 0 aromatic rings. The van der Waals surface area contributed by atoms with Crippen molar-refractivity contribution >= 4 is 0 Å². The first-order valence-corrected chi connectivity index (χ1v) is 6.26. The van der Waals surface area contributed by atoms with Crippen molar-refractivity contribution in [3.63, 3.8) is 0 Å². The Morgan fingerprint density at radius 1 is 1.27 bits per heavy atom. The maximum atomic E-state index is 5.53. The van der Waals surface area contributed by atoms with Crippen LogP contribution in [0.3, 0.4) is 0 Å². The fourth-order valence-electron chi connectivity index (χ4n) is 2.96. The third-order valence-electron chi connectivity index (χ3n) is 4.04. The predicted octanol–water partition coefficient (Wildman–Crippen LogP) is 1.10. The van der Waals surface area contributed by atoms with Crippen LogP contribution in [0.5, 0.6) is 0 Å². The van der Waals surface area contributed by atoms with Crippen molar-refractivity contribution in [3.05, 3.63) is 0 Å². The van der Waals surface area contributed by atoms with E-state index >= 15 is 0 Å². The molecular weight excluding hydrogens is 188 g/mol. The van der Waals surface area contributed by atoms with Gasteiger partial charge >= 0.3 is 0 Å². The minimum absolute atomic E-state index is 0.564. The van der Waals surface area contributed by atoms with Gasteiger partial charge in [0.1, 0.15) is 0 Å².